The lowest BCUT2D eigenvalue weighted by atomic mass is 9.87. The second-order valence-electron chi connectivity index (χ2n) is 5.34. The number of carbonyl (C=O) groups excluding carboxylic acids is 1. The summed E-state index contributed by atoms with van der Waals surface area (Å²) in [7, 11) is 0. The van der Waals surface area contributed by atoms with Gasteiger partial charge in [-0.25, -0.2) is 4.79 Å². The van der Waals surface area contributed by atoms with E-state index < -0.39 is 0 Å². The second kappa shape index (κ2) is 8.57. The Morgan fingerprint density at radius 3 is 1.68 bits per heavy atom. The molecule has 0 aliphatic heterocycles. The lowest BCUT2D eigenvalue weighted by molar-refractivity contribution is -0.403. The third-order valence-electron chi connectivity index (χ3n) is 3.49. The number of hydrogen-bond acceptors (Lipinski definition) is 2. The van der Waals surface area contributed by atoms with Crippen LogP contribution in [0.5, 0.6) is 0 Å². The maximum absolute atomic E-state index is 11.8. The van der Waals surface area contributed by atoms with Gasteiger partial charge in [-0.1, -0.05) is 60.7 Å². The highest BCUT2D eigenvalue weighted by Crippen LogP contribution is 2.29. The van der Waals surface area contributed by atoms with Crippen LogP contribution < -0.4 is 18.1 Å². The van der Waals surface area contributed by atoms with Crippen molar-refractivity contribution in [2.75, 3.05) is 0 Å². The van der Waals surface area contributed by atoms with Gasteiger partial charge in [0.2, 0.25) is 0 Å². The van der Waals surface area contributed by atoms with Gasteiger partial charge in [-0.05, 0) is 25.0 Å². The van der Waals surface area contributed by atoms with Crippen molar-refractivity contribution in [3.8, 4) is 0 Å². The van der Waals surface area contributed by atoms with E-state index in [0.717, 1.165) is 11.1 Å². The molecule has 2 aromatic rings. The summed E-state index contributed by atoms with van der Waals surface area (Å²) in [5.74, 6) is -0.241. The van der Waals surface area contributed by atoms with Crippen molar-refractivity contribution in [1.82, 2.24) is 0 Å². The van der Waals surface area contributed by atoms with Crippen LogP contribution in [-0.4, -0.2) is 18.1 Å². The second-order valence-corrected chi connectivity index (χ2v) is 5.34. The van der Waals surface area contributed by atoms with Gasteiger partial charge >= 0.3 is 5.97 Å². The highest BCUT2D eigenvalue weighted by atomic mass is 35.5. The fourth-order valence-electron chi connectivity index (χ4n) is 2.42. The van der Waals surface area contributed by atoms with Gasteiger partial charge in [0.05, 0.1) is 0 Å². The van der Waals surface area contributed by atoms with Crippen molar-refractivity contribution in [1.29, 1.82) is 0 Å². The van der Waals surface area contributed by atoms with E-state index in [1.165, 1.54) is 0 Å². The predicted molar refractivity (Wildman–Crippen MR) is 82.6 cm³/mol. The van der Waals surface area contributed by atoms with E-state index in [4.69, 9.17) is 4.74 Å². The predicted octanol–water partition coefficient (Wildman–Crippen LogP) is -0.615. The van der Waals surface area contributed by atoms with Gasteiger partial charge in [-0.3, -0.25) is 0 Å². The molecule has 0 fully saturated rings. The molecular formula is C18H22ClNO2. The zero-order valence-electron chi connectivity index (χ0n) is 12.9. The number of hydrogen-bond donors (Lipinski definition) is 1. The molecule has 4 heteroatoms. The topological polar surface area (TPSA) is 53.9 Å². The lowest BCUT2D eigenvalue weighted by Gasteiger charge is -2.25. The summed E-state index contributed by atoms with van der Waals surface area (Å²) in [6.07, 6.45) is -0.244. The van der Waals surface area contributed by atoms with Gasteiger partial charge in [0.1, 0.15) is 6.10 Å². The fraction of sp³-hybridized carbons (Fsp3) is 0.278. The summed E-state index contributed by atoms with van der Waals surface area (Å²) in [6, 6.07) is 19.9. The molecule has 0 aliphatic carbocycles. The van der Waals surface area contributed by atoms with Crippen LogP contribution in [0, 0.1) is 0 Å². The third-order valence-corrected chi connectivity index (χ3v) is 3.49. The Labute approximate surface area is 137 Å². The maximum Gasteiger partial charge on any atom is 0.364 e. The molecule has 3 N–H and O–H groups in total. The largest absolute Gasteiger partial charge is 1.00 e. The Hall–Kier alpha value is -1.84. The normalized spacial score (nSPS) is 13.1. The van der Waals surface area contributed by atoms with E-state index in [1.54, 1.807) is 6.92 Å². The Morgan fingerprint density at radius 2 is 1.32 bits per heavy atom. The van der Waals surface area contributed by atoms with Crippen molar-refractivity contribution < 1.29 is 27.7 Å². The van der Waals surface area contributed by atoms with Crippen LogP contribution in [0.1, 0.15) is 30.9 Å². The first kappa shape index (κ1) is 18.2. The molecule has 0 saturated carbocycles. The molecule has 0 amide bonds. The first-order valence-electron chi connectivity index (χ1n) is 7.23. The average molecular weight is 320 g/mol. The Kier molecular flexibility index (Phi) is 7.09. The maximum atomic E-state index is 11.8. The van der Waals surface area contributed by atoms with Crippen LogP contribution in [0.2, 0.25) is 0 Å². The summed E-state index contributed by atoms with van der Waals surface area (Å²) < 4.78 is 5.58. The van der Waals surface area contributed by atoms with E-state index in [9.17, 15) is 4.79 Å². The van der Waals surface area contributed by atoms with Gasteiger partial charge in [0.15, 0.2) is 6.04 Å². The number of ether oxygens (including phenoxy) is 1. The molecule has 0 aliphatic rings. The molecular weight excluding hydrogens is 298 g/mol. The average Bonchev–Trinajstić information content (AvgIpc) is 2.49. The molecule has 2 rings (SSSR count). The molecule has 2 atom stereocenters. The van der Waals surface area contributed by atoms with Crippen molar-refractivity contribution in [2.24, 2.45) is 0 Å². The van der Waals surface area contributed by atoms with Crippen molar-refractivity contribution in [3.63, 3.8) is 0 Å². The van der Waals surface area contributed by atoms with Crippen LogP contribution in [0.25, 0.3) is 0 Å². The molecule has 0 bridgehead atoms. The number of benzene rings is 2. The zero-order chi connectivity index (χ0) is 15.2. The number of esters is 1. The monoisotopic (exact) mass is 319 g/mol. The zero-order valence-corrected chi connectivity index (χ0v) is 13.7. The highest BCUT2D eigenvalue weighted by molar-refractivity contribution is 5.73. The molecule has 0 saturated heterocycles. The SMILES string of the molecule is C[C@H]([NH3+])C(=O)O[C@@H](C)C(c1ccccc1)c1ccccc1.[Cl-]. The summed E-state index contributed by atoms with van der Waals surface area (Å²) >= 11 is 0. The molecule has 0 unspecified atom stereocenters. The molecule has 3 nitrogen and oxygen atoms in total. The van der Waals surface area contributed by atoms with E-state index >= 15 is 0 Å². The van der Waals surface area contributed by atoms with Crippen LogP contribution in [-0.2, 0) is 9.53 Å². The van der Waals surface area contributed by atoms with E-state index in [2.05, 4.69) is 30.0 Å². The van der Waals surface area contributed by atoms with E-state index in [-0.39, 0.29) is 36.4 Å². The minimum absolute atomic E-state index is 0. The molecule has 0 radical (unpaired) electrons. The number of quaternary nitrogens is 1. The summed E-state index contributed by atoms with van der Waals surface area (Å²) in [6.45, 7) is 3.68. The summed E-state index contributed by atoms with van der Waals surface area (Å²) in [4.78, 5) is 11.8. The number of carbonyl (C=O) groups is 1. The first-order chi connectivity index (χ1) is 10.1. The quantitative estimate of drug-likeness (QED) is 0.747. The van der Waals surface area contributed by atoms with Gasteiger partial charge in [0.25, 0.3) is 0 Å². The Bertz CT molecular complexity index is 533. The van der Waals surface area contributed by atoms with Crippen LogP contribution in [0.15, 0.2) is 60.7 Å². The van der Waals surface area contributed by atoms with Crippen molar-refractivity contribution in [3.05, 3.63) is 71.8 Å². The molecule has 0 spiro atoms. The van der Waals surface area contributed by atoms with Crippen molar-refractivity contribution >= 4 is 5.97 Å². The van der Waals surface area contributed by atoms with Crippen LogP contribution >= 0.6 is 0 Å². The first-order valence-corrected chi connectivity index (χ1v) is 7.23. The van der Waals surface area contributed by atoms with E-state index in [1.807, 2.05) is 43.3 Å². The van der Waals surface area contributed by atoms with Crippen LogP contribution in [0.3, 0.4) is 0 Å². The Morgan fingerprint density at radius 1 is 0.909 bits per heavy atom. The van der Waals surface area contributed by atoms with Gasteiger partial charge < -0.3 is 22.9 Å². The van der Waals surface area contributed by atoms with E-state index in [0.29, 0.717) is 0 Å². The number of halogens is 1. The molecule has 0 aromatic heterocycles. The minimum Gasteiger partial charge on any atom is -1.00 e. The fourth-order valence-corrected chi connectivity index (χ4v) is 2.42. The third kappa shape index (κ3) is 4.58. The van der Waals surface area contributed by atoms with Gasteiger partial charge in [-0.15, -0.1) is 0 Å². The number of rotatable bonds is 5. The smallest absolute Gasteiger partial charge is 0.364 e. The Balaban J connectivity index is 0.00000242. The molecule has 22 heavy (non-hydrogen) atoms. The molecule has 118 valence electrons. The van der Waals surface area contributed by atoms with Gasteiger partial charge in [0, 0.05) is 5.92 Å². The van der Waals surface area contributed by atoms with Crippen molar-refractivity contribution in [2.45, 2.75) is 31.9 Å². The summed E-state index contributed by atoms with van der Waals surface area (Å²) in [5, 5.41) is 0. The lowest BCUT2D eigenvalue weighted by Crippen LogP contribution is -3.00. The van der Waals surface area contributed by atoms with Gasteiger partial charge in [-0.2, -0.15) is 0 Å². The molecule has 0 heterocycles. The van der Waals surface area contributed by atoms with Crippen LogP contribution in [0.4, 0.5) is 0 Å². The highest BCUT2D eigenvalue weighted by Gasteiger charge is 2.26. The standard InChI is InChI=1S/C18H21NO2.ClH/c1-13(19)18(20)21-14(2)17(15-9-5-3-6-10-15)16-11-7-4-8-12-16;/h3-14,17H,19H2,1-2H3;1H/t13-,14-;/m0./s1. The molecule has 2 aromatic carbocycles. The summed E-state index contributed by atoms with van der Waals surface area (Å²) in [5.41, 5.74) is 6.00. The minimum atomic E-state index is -0.361.